The highest BCUT2D eigenvalue weighted by molar-refractivity contribution is 5.62. The fraction of sp³-hybridized carbons (Fsp3) is 0.280. The third kappa shape index (κ3) is 4.38. The molecule has 0 spiro atoms. The number of piperazine rings is 1. The molecule has 0 N–H and O–H groups in total. The van der Waals surface area contributed by atoms with Gasteiger partial charge < -0.3 is 4.90 Å². The van der Waals surface area contributed by atoms with Crippen LogP contribution < -0.4 is 4.90 Å². The van der Waals surface area contributed by atoms with E-state index in [1.165, 1.54) is 5.56 Å². The second-order valence-electron chi connectivity index (χ2n) is 8.00. The summed E-state index contributed by atoms with van der Waals surface area (Å²) in [5.74, 6) is 1.03. The number of nitrogens with zero attached hydrogens (tertiary/aromatic N) is 7. The van der Waals surface area contributed by atoms with Gasteiger partial charge in [0.2, 0.25) is 0 Å². The van der Waals surface area contributed by atoms with Gasteiger partial charge >= 0.3 is 0 Å². The Morgan fingerprint density at radius 1 is 0.906 bits per heavy atom. The summed E-state index contributed by atoms with van der Waals surface area (Å²) in [5, 5.41) is 4.93. The fourth-order valence-electron chi connectivity index (χ4n) is 4.12. The van der Waals surface area contributed by atoms with Gasteiger partial charge in [0.1, 0.15) is 12.1 Å². The molecule has 1 aliphatic heterocycles. The van der Waals surface area contributed by atoms with Crippen LogP contribution in [0.15, 0.2) is 73.4 Å². The zero-order valence-electron chi connectivity index (χ0n) is 18.3. The zero-order chi connectivity index (χ0) is 21.8. The van der Waals surface area contributed by atoms with E-state index in [-0.39, 0.29) is 0 Å². The first-order valence-electron chi connectivity index (χ1n) is 11.1. The second kappa shape index (κ2) is 9.28. The lowest BCUT2D eigenvalue weighted by molar-refractivity contribution is 0.249. The van der Waals surface area contributed by atoms with Crippen LogP contribution in [-0.4, -0.2) is 55.8 Å². The number of benzene rings is 1. The molecule has 1 aliphatic rings. The molecule has 0 unspecified atom stereocenters. The summed E-state index contributed by atoms with van der Waals surface area (Å²) in [4.78, 5) is 17.8. The lowest BCUT2D eigenvalue weighted by Crippen LogP contribution is -2.46. The number of aryl methyl sites for hydroxylation is 1. The van der Waals surface area contributed by atoms with Crippen molar-refractivity contribution in [2.45, 2.75) is 19.9 Å². The summed E-state index contributed by atoms with van der Waals surface area (Å²) in [7, 11) is 0. The third-order valence-corrected chi connectivity index (χ3v) is 5.93. The van der Waals surface area contributed by atoms with Crippen LogP contribution in [0.4, 0.5) is 5.82 Å². The van der Waals surface area contributed by atoms with Crippen molar-refractivity contribution in [1.29, 1.82) is 0 Å². The summed E-state index contributed by atoms with van der Waals surface area (Å²) in [6.45, 7) is 6.87. The van der Waals surface area contributed by atoms with Crippen molar-refractivity contribution >= 4 is 5.82 Å². The first kappa shape index (κ1) is 20.3. The lowest BCUT2D eigenvalue weighted by Gasteiger charge is -2.35. The topological polar surface area (TPSA) is 63.0 Å². The molecule has 0 bridgehead atoms. The molecule has 32 heavy (non-hydrogen) atoms. The van der Waals surface area contributed by atoms with Gasteiger partial charge in [0.15, 0.2) is 0 Å². The Morgan fingerprint density at radius 3 is 2.44 bits per heavy atom. The van der Waals surface area contributed by atoms with E-state index in [4.69, 9.17) is 5.10 Å². The maximum atomic E-state index is 4.93. The number of hydrogen-bond acceptors (Lipinski definition) is 6. The van der Waals surface area contributed by atoms with E-state index >= 15 is 0 Å². The minimum absolute atomic E-state index is 0.863. The van der Waals surface area contributed by atoms with Crippen molar-refractivity contribution < 1.29 is 0 Å². The van der Waals surface area contributed by atoms with Crippen molar-refractivity contribution in [2.24, 2.45) is 0 Å². The van der Waals surface area contributed by atoms with E-state index in [1.54, 1.807) is 6.33 Å². The van der Waals surface area contributed by atoms with Crippen LogP contribution in [0.2, 0.25) is 0 Å². The predicted molar refractivity (Wildman–Crippen MR) is 126 cm³/mol. The highest BCUT2D eigenvalue weighted by Gasteiger charge is 2.21. The molecule has 0 saturated carbocycles. The van der Waals surface area contributed by atoms with Gasteiger partial charge in [0.05, 0.1) is 11.4 Å². The number of pyridine rings is 1. The Hall–Kier alpha value is -3.58. The molecule has 1 fully saturated rings. The Morgan fingerprint density at radius 2 is 1.69 bits per heavy atom. The van der Waals surface area contributed by atoms with Crippen molar-refractivity contribution in [2.75, 3.05) is 31.1 Å². The number of hydrogen-bond donors (Lipinski definition) is 0. The molecule has 0 amide bonds. The van der Waals surface area contributed by atoms with E-state index < -0.39 is 0 Å². The van der Waals surface area contributed by atoms with Crippen molar-refractivity contribution in [3.63, 3.8) is 0 Å². The minimum atomic E-state index is 0.863. The van der Waals surface area contributed by atoms with Crippen LogP contribution in [0.5, 0.6) is 0 Å². The van der Waals surface area contributed by atoms with Gasteiger partial charge in [0, 0.05) is 74.2 Å². The number of rotatable bonds is 6. The predicted octanol–water partition coefficient (Wildman–Crippen LogP) is 3.61. The molecule has 4 aromatic rings. The minimum Gasteiger partial charge on any atom is -0.354 e. The van der Waals surface area contributed by atoms with Crippen LogP contribution in [-0.2, 0) is 13.0 Å². The smallest absolute Gasteiger partial charge is 0.132 e. The molecule has 3 aromatic heterocycles. The molecular weight excluding hydrogens is 398 g/mol. The molecule has 1 saturated heterocycles. The van der Waals surface area contributed by atoms with Crippen LogP contribution in [0.3, 0.4) is 0 Å². The molecule has 1 aromatic carbocycles. The number of para-hydroxylation sites is 1. The SMILES string of the molecule is CCc1cc(N2CCN(Cc3cn(-c4ccccc4)nc3-c3ccncc3)CC2)ncn1. The summed E-state index contributed by atoms with van der Waals surface area (Å²) >= 11 is 0. The summed E-state index contributed by atoms with van der Waals surface area (Å²) in [6, 6.07) is 16.4. The fourth-order valence-corrected chi connectivity index (χ4v) is 4.12. The van der Waals surface area contributed by atoms with E-state index in [2.05, 4.69) is 56.1 Å². The maximum Gasteiger partial charge on any atom is 0.132 e. The molecule has 162 valence electrons. The van der Waals surface area contributed by atoms with Gasteiger partial charge in [-0.2, -0.15) is 5.10 Å². The van der Waals surface area contributed by atoms with Crippen molar-refractivity contribution in [3.8, 4) is 16.9 Å². The van der Waals surface area contributed by atoms with Gasteiger partial charge in [-0.15, -0.1) is 0 Å². The van der Waals surface area contributed by atoms with Crippen molar-refractivity contribution in [1.82, 2.24) is 29.6 Å². The van der Waals surface area contributed by atoms with Crippen LogP contribution in [0, 0.1) is 0 Å². The number of anilines is 1. The van der Waals surface area contributed by atoms with Crippen LogP contribution in [0.1, 0.15) is 18.2 Å². The van der Waals surface area contributed by atoms with E-state index in [9.17, 15) is 0 Å². The molecule has 0 radical (unpaired) electrons. The average molecular weight is 426 g/mol. The van der Waals surface area contributed by atoms with Gasteiger partial charge in [-0.05, 0) is 30.7 Å². The Kier molecular flexibility index (Phi) is 5.89. The normalized spacial score (nSPS) is 14.6. The second-order valence-corrected chi connectivity index (χ2v) is 8.00. The molecule has 0 aliphatic carbocycles. The zero-order valence-corrected chi connectivity index (χ0v) is 18.3. The van der Waals surface area contributed by atoms with Crippen molar-refractivity contribution in [3.05, 3.63) is 84.7 Å². The molecular formula is C25H27N7. The lowest BCUT2D eigenvalue weighted by atomic mass is 10.1. The standard InChI is InChI=1S/C25H27N7/c1-2-22-16-24(28-19-27-22)31-14-12-30(13-15-31)17-21-18-32(23-6-4-3-5-7-23)29-25(21)20-8-10-26-11-9-20/h3-11,16,18-19H,2,12-15,17H2,1H3. The first-order chi connectivity index (χ1) is 15.8. The summed E-state index contributed by atoms with van der Waals surface area (Å²) < 4.78 is 1.98. The summed E-state index contributed by atoms with van der Waals surface area (Å²) in [6.07, 6.45) is 8.42. The Balaban J connectivity index is 1.34. The van der Waals surface area contributed by atoms with Gasteiger partial charge in [-0.1, -0.05) is 25.1 Å². The van der Waals surface area contributed by atoms with E-state index in [1.807, 2.05) is 47.4 Å². The van der Waals surface area contributed by atoms with Gasteiger partial charge in [-0.3, -0.25) is 9.88 Å². The summed E-state index contributed by atoms with van der Waals surface area (Å²) in [5.41, 5.74) is 5.49. The molecule has 4 heterocycles. The highest BCUT2D eigenvalue weighted by Crippen LogP contribution is 2.25. The van der Waals surface area contributed by atoms with Gasteiger partial charge in [-0.25, -0.2) is 14.6 Å². The maximum absolute atomic E-state index is 4.93. The van der Waals surface area contributed by atoms with Crippen LogP contribution >= 0.6 is 0 Å². The Labute approximate surface area is 188 Å². The van der Waals surface area contributed by atoms with E-state index in [0.29, 0.717) is 0 Å². The molecule has 7 nitrogen and oxygen atoms in total. The van der Waals surface area contributed by atoms with Crippen LogP contribution in [0.25, 0.3) is 16.9 Å². The first-order valence-corrected chi connectivity index (χ1v) is 11.1. The average Bonchev–Trinajstić information content (AvgIpc) is 3.29. The quantitative estimate of drug-likeness (QED) is 0.470. The largest absolute Gasteiger partial charge is 0.354 e. The molecule has 0 atom stereocenters. The van der Waals surface area contributed by atoms with Gasteiger partial charge in [0.25, 0.3) is 0 Å². The molecule has 7 heteroatoms. The molecule has 5 rings (SSSR count). The van der Waals surface area contributed by atoms with E-state index in [0.717, 1.165) is 67.6 Å². The number of aromatic nitrogens is 5. The highest BCUT2D eigenvalue weighted by atomic mass is 15.3. The monoisotopic (exact) mass is 425 g/mol. The third-order valence-electron chi connectivity index (χ3n) is 5.93. The Bertz CT molecular complexity index is 1150.